The number of hydrogen-bond donors (Lipinski definition) is 1. The Bertz CT molecular complexity index is 1290. The highest BCUT2D eigenvalue weighted by Crippen LogP contribution is 2.38. The van der Waals surface area contributed by atoms with E-state index in [1.54, 1.807) is 31.1 Å². The summed E-state index contributed by atoms with van der Waals surface area (Å²) >= 11 is 5.29. The fourth-order valence-electron chi connectivity index (χ4n) is 4.33. The molecule has 0 spiro atoms. The van der Waals surface area contributed by atoms with E-state index in [1.807, 2.05) is 23.1 Å². The van der Waals surface area contributed by atoms with Gasteiger partial charge in [0, 0.05) is 47.5 Å². The van der Waals surface area contributed by atoms with Crippen molar-refractivity contribution in [3.8, 4) is 0 Å². The number of nitrogens with zero attached hydrogens (tertiary/aromatic N) is 4. The number of pyridine rings is 1. The maximum Gasteiger partial charge on any atom is 0.219 e. The molecule has 0 aliphatic carbocycles. The molecule has 5 rings (SSSR count). The first-order chi connectivity index (χ1) is 15.5. The average molecular weight is 514 g/mol. The summed E-state index contributed by atoms with van der Waals surface area (Å²) in [5.74, 6) is 1.20. The maximum absolute atomic E-state index is 11.6. The minimum atomic E-state index is 0.171. The van der Waals surface area contributed by atoms with Crippen LogP contribution in [0.1, 0.15) is 26.2 Å². The summed E-state index contributed by atoms with van der Waals surface area (Å²) in [5, 5.41) is 1.94. The van der Waals surface area contributed by atoms with Gasteiger partial charge in [0.2, 0.25) is 5.91 Å². The zero-order valence-corrected chi connectivity index (χ0v) is 20.2. The van der Waals surface area contributed by atoms with Gasteiger partial charge in [-0.05, 0) is 65.4 Å². The van der Waals surface area contributed by atoms with Gasteiger partial charge in [0.1, 0.15) is 11.1 Å². The Morgan fingerprint density at radius 2 is 2.12 bits per heavy atom. The summed E-state index contributed by atoms with van der Waals surface area (Å²) < 4.78 is 8.83. The molecule has 4 aromatic rings. The standard InChI is InChI=1S/C23H24BrN5O2S/c1-14(30)28-8-3-15(4-9-28)5-10-29-18-2-7-26-22(25)21(18)27-23(29)32-20-13-19-16(6-11-31-19)12-17(20)24/h2,6-7,11-13,15H,3-5,8-10H2,1H3,(H2,25,26). The van der Waals surface area contributed by atoms with Crippen LogP contribution in [0.5, 0.6) is 0 Å². The third-order valence-electron chi connectivity index (χ3n) is 6.19. The first kappa shape index (κ1) is 21.3. The topological polar surface area (TPSA) is 90.2 Å². The van der Waals surface area contributed by atoms with E-state index in [4.69, 9.17) is 15.1 Å². The molecule has 2 N–H and O–H groups in total. The van der Waals surface area contributed by atoms with Gasteiger partial charge in [0.25, 0.3) is 0 Å². The molecule has 1 saturated heterocycles. The number of fused-ring (bicyclic) bond motifs is 2. The van der Waals surface area contributed by atoms with Gasteiger partial charge in [-0.25, -0.2) is 9.97 Å². The first-order valence-corrected chi connectivity index (χ1v) is 12.3. The number of carbonyl (C=O) groups is 1. The molecular weight excluding hydrogens is 490 g/mol. The van der Waals surface area contributed by atoms with Gasteiger partial charge in [0.15, 0.2) is 11.0 Å². The monoisotopic (exact) mass is 513 g/mol. The molecule has 1 fully saturated rings. The highest BCUT2D eigenvalue weighted by molar-refractivity contribution is 9.10. The van der Waals surface area contributed by atoms with Crippen molar-refractivity contribution < 1.29 is 9.21 Å². The van der Waals surface area contributed by atoms with Crippen LogP contribution in [-0.2, 0) is 11.3 Å². The smallest absolute Gasteiger partial charge is 0.219 e. The van der Waals surface area contributed by atoms with Crippen LogP contribution in [0.15, 0.2) is 55.7 Å². The Hall–Kier alpha value is -2.52. The van der Waals surface area contributed by atoms with E-state index < -0.39 is 0 Å². The third kappa shape index (κ3) is 4.11. The van der Waals surface area contributed by atoms with E-state index in [9.17, 15) is 4.79 Å². The number of anilines is 1. The second kappa shape index (κ2) is 8.78. The van der Waals surface area contributed by atoms with E-state index in [0.29, 0.717) is 11.7 Å². The van der Waals surface area contributed by atoms with Gasteiger partial charge in [0.05, 0.1) is 11.8 Å². The van der Waals surface area contributed by atoms with Crippen molar-refractivity contribution in [1.29, 1.82) is 0 Å². The zero-order chi connectivity index (χ0) is 22.2. The number of imidazole rings is 1. The van der Waals surface area contributed by atoms with E-state index >= 15 is 0 Å². The van der Waals surface area contributed by atoms with Crippen LogP contribution in [0.4, 0.5) is 5.82 Å². The number of piperidine rings is 1. The van der Waals surface area contributed by atoms with Crippen molar-refractivity contribution in [3.05, 3.63) is 41.2 Å². The number of hydrogen-bond acceptors (Lipinski definition) is 6. The largest absolute Gasteiger partial charge is 0.464 e. The third-order valence-corrected chi connectivity index (χ3v) is 8.16. The second-order valence-corrected chi connectivity index (χ2v) is 10.1. The van der Waals surface area contributed by atoms with Gasteiger partial charge in [-0.2, -0.15) is 0 Å². The lowest BCUT2D eigenvalue weighted by Crippen LogP contribution is -2.37. The van der Waals surface area contributed by atoms with Crippen molar-refractivity contribution in [3.63, 3.8) is 0 Å². The molecule has 0 radical (unpaired) electrons. The molecule has 9 heteroatoms. The summed E-state index contributed by atoms with van der Waals surface area (Å²) in [6, 6.07) is 8.03. The van der Waals surface area contributed by atoms with Crippen molar-refractivity contribution in [2.45, 2.75) is 42.8 Å². The summed E-state index contributed by atoms with van der Waals surface area (Å²) in [6.07, 6.45) is 6.55. The van der Waals surface area contributed by atoms with Crippen LogP contribution < -0.4 is 5.73 Å². The molecule has 32 heavy (non-hydrogen) atoms. The fraction of sp³-hybridized carbons (Fsp3) is 0.348. The number of carbonyl (C=O) groups excluding carboxylic acids is 1. The molecule has 0 saturated carbocycles. The highest BCUT2D eigenvalue weighted by atomic mass is 79.9. The minimum absolute atomic E-state index is 0.171. The van der Waals surface area contributed by atoms with Gasteiger partial charge >= 0.3 is 0 Å². The van der Waals surface area contributed by atoms with Gasteiger partial charge in [-0.3, -0.25) is 4.79 Å². The van der Waals surface area contributed by atoms with E-state index in [2.05, 4.69) is 31.5 Å². The van der Waals surface area contributed by atoms with Gasteiger partial charge in [-0.1, -0.05) is 11.8 Å². The van der Waals surface area contributed by atoms with E-state index in [1.165, 1.54) is 0 Å². The molecule has 0 unspecified atom stereocenters. The van der Waals surface area contributed by atoms with Crippen LogP contribution in [-0.4, -0.2) is 38.4 Å². The number of rotatable bonds is 5. The molecule has 4 heterocycles. The molecule has 1 aliphatic rings. The number of amides is 1. The number of halogens is 1. The molecule has 3 aromatic heterocycles. The lowest BCUT2D eigenvalue weighted by atomic mass is 9.93. The number of furan rings is 1. The molecule has 0 bridgehead atoms. The van der Waals surface area contributed by atoms with Crippen molar-refractivity contribution >= 4 is 61.4 Å². The maximum atomic E-state index is 11.6. The summed E-state index contributed by atoms with van der Waals surface area (Å²) in [7, 11) is 0. The first-order valence-electron chi connectivity index (χ1n) is 10.7. The number of nitrogen functional groups attached to an aromatic ring is 1. The summed E-state index contributed by atoms with van der Waals surface area (Å²) in [4.78, 5) is 23.7. The van der Waals surface area contributed by atoms with Gasteiger partial charge in [-0.15, -0.1) is 0 Å². The van der Waals surface area contributed by atoms with Crippen molar-refractivity contribution in [1.82, 2.24) is 19.4 Å². The molecule has 0 atom stereocenters. The normalized spacial score (nSPS) is 15.1. The van der Waals surface area contributed by atoms with Crippen molar-refractivity contribution in [2.24, 2.45) is 5.92 Å². The number of aryl methyl sites for hydroxylation is 1. The molecule has 1 aromatic carbocycles. The van der Waals surface area contributed by atoms with E-state index in [0.717, 1.165) is 75.4 Å². The highest BCUT2D eigenvalue weighted by Gasteiger charge is 2.22. The van der Waals surface area contributed by atoms with Crippen LogP contribution in [0, 0.1) is 5.92 Å². The Morgan fingerprint density at radius 3 is 2.91 bits per heavy atom. The Balaban J connectivity index is 1.42. The summed E-state index contributed by atoms with van der Waals surface area (Å²) in [5.41, 5.74) is 8.72. The minimum Gasteiger partial charge on any atom is -0.464 e. The molecule has 1 aliphatic heterocycles. The SMILES string of the molecule is CC(=O)N1CCC(CCn2c(Sc3cc4occc4cc3Br)nc3c(N)nccc32)CC1. The number of likely N-dealkylation sites (tertiary alicyclic amines) is 1. The van der Waals surface area contributed by atoms with Crippen molar-refractivity contribution in [2.75, 3.05) is 18.8 Å². The molecular formula is C23H24BrN5O2S. The predicted molar refractivity (Wildman–Crippen MR) is 130 cm³/mol. The average Bonchev–Trinajstić information content (AvgIpc) is 3.37. The Morgan fingerprint density at radius 1 is 1.31 bits per heavy atom. The molecule has 166 valence electrons. The van der Waals surface area contributed by atoms with Crippen LogP contribution in [0.25, 0.3) is 22.0 Å². The van der Waals surface area contributed by atoms with Gasteiger partial charge < -0.3 is 19.6 Å². The number of nitrogens with two attached hydrogens (primary N) is 1. The second-order valence-electron chi connectivity index (χ2n) is 8.19. The predicted octanol–water partition coefficient (Wildman–Crippen LogP) is 5.32. The molecule has 7 nitrogen and oxygen atoms in total. The van der Waals surface area contributed by atoms with E-state index in [-0.39, 0.29) is 5.91 Å². The quantitative estimate of drug-likeness (QED) is 0.388. The lowest BCUT2D eigenvalue weighted by molar-refractivity contribution is -0.130. The zero-order valence-electron chi connectivity index (χ0n) is 17.8. The lowest BCUT2D eigenvalue weighted by Gasteiger charge is -2.31. The molecule has 1 amide bonds. The Kier molecular flexibility index (Phi) is 5.86. The number of aromatic nitrogens is 3. The van der Waals surface area contributed by atoms with Crippen LogP contribution in [0.3, 0.4) is 0 Å². The number of benzene rings is 1. The van der Waals surface area contributed by atoms with Crippen LogP contribution >= 0.6 is 27.7 Å². The summed E-state index contributed by atoms with van der Waals surface area (Å²) in [6.45, 7) is 4.18. The Labute approximate surface area is 198 Å². The van der Waals surface area contributed by atoms with Crippen LogP contribution in [0.2, 0.25) is 0 Å². The fourth-order valence-corrected chi connectivity index (χ4v) is 5.89.